The van der Waals surface area contributed by atoms with E-state index in [1.165, 1.54) is 20.2 Å². The van der Waals surface area contributed by atoms with Crippen LogP contribution < -0.4 is 9.47 Å². The summed E-state index contributed by atoms with van der Waals surface area (Å²) in [6.45, 7) is 15.5. The molecule has 0 amide bonds. The Kier molecular flexibility index (Phi) is 16.7. The highest BCUT2D eigenvalue weighted by molar-refractivity contribution is 8.00. The summed E-state index contributed by atoms with van der Waals surface area (Å²) >= 11 is 5.20. The van der Waals surface area contributed by atoms with E-state index in [-0.39, 0.29) is 22.4 Å². The monoisotopic (exact) mass is 1000 g/mol. The Bertz CT molecular complexity index is 3050. The van der Waals surface area contributed by atoms with Crippen molar-refractivity contribution in [3.63, 3.8) is 0 Å². The van der Waals surface area contributed by atoms with Gasteiger partial charge >= 0.3 is 0 Å². The van der Waals surface area contributed by atoms with Gasteiger partial charge in [-0.05, 0) is 188 Å². The molecule has 0 aliphatic heterocycles. The molecule has 0 heterocycles. The van der Waals surface area contributed by atoms with E-state index in [1.54, 1.807) is 35.3 Å². The van der Waals surface area contributed by atoms with Crippen molar-refractivity contribution < 1.29 is 19.1 Å². The molecule has 366 valence electrons. The van der Waals surface area contributed by atoms with Crippen LogP contribution in [0.2, 0.25) is 0 Å². The van der Waals surface area contributed by atoms with E-state index in [0.717, 1.165) is 57.9 Å². The van der Waals surface area contributed by atoms with Crippen molar-refractivity contribution in [2.75, 3.05) is 6.26 Å². The molecule has 0 aliphatic carbocycles. The fourth-order valence-electron chi connectivity index (χ4n) is 9.13. The van der Waals surface area contributed by atoms with Gasteiger partial charge in [-0.3, -0.25) is 9.59 Å². The lowest BCUT2D eigenvalue weighted by Gasteiger charge is -2.46. The summed E-state index contributed by atoms with van der Waals surface area (Å²) in [4.78, 5) is 33.0. The summed E-state index contributed by atoms with van der Waals surface area (Å²) in [5.41, 5.74) is 6.39. The fraction of sp³-hybridized carbons (Fsp3) is 0.231. The third kappa shape index (κ3) is 11.8. The van der Waals surface area contributed by atoms with Gasteiger partial charge in [-0.2, -0.15) is 0 Å². The highest BCUT2D eigenvalue weighted by Crippen LogP contribution is 2.44. The van der Waals surface area contributed by atoms with Gasteiger partial charge in [0.1, 0.15) is 22.8 Å². The zero-order valence-electron chi connectivity index (χ0n) is 42.7. The normalized spacial score (nSPS) is 13.2. The first-order chi connectivity index (χ1) is 34.8. The Balaban J connectivity index is 0.851. The van der Waals surface area contributed by atoms with Crippen LogP contribution in [0.5, 0.6) is 17.2 Å². The molecule has 2 atom stereocenters. The van der Waals surface area contributed by atoms with Crippen molar-refractivity contribution in [3.8, 4) is 28.4 Å². The van der Waals surface area contributed by atoms with Gasteiger partial charge in [0.15, 0.2) is 11.6 Å². The molecule has 0 bridgehead atoms. The number of hydrogen-bond acceptors (Lipinski definition) is 7. The Morgan fingerprint density at radius 1 is 0.389 bits per heavy atom. The van der Waals surface area contributed by atoms with Crippen LogP contribution in [0.1, 0.15) is 117 Å². The lowest BCUT2D eigenvalue weighted by molar-refractivity contribution is 0.00305. The number of hydrogen-bond donors (Lipinski definition) is 0. The molecular formula is C65H64O4S3. The van der Waals surface area contributed by atoms with Crippen molar-refractivity contribution in [1.29, 1.82) is 0 Å². The molecule has 0 N–H and O–H groups in total. The average Bonchev–Trinajstić information content (AvgIpc) is 3.43. The molecule has 0 radical (unpaired) electrons. The van der Waals surface area contributed by atoms with Crippen molar-refractivity contribution >= 4 is 46.9 Å². The first-order valence-electron chi connectivity index (χ1n) is 25.0. The predicted octanol–water partition coefficient (Wildman–Crippen LogP) is 18.6. The third-order valence-corrected chi connectivity index (χ3v) is 17.7. The second-order valence-electron chi connectivity index (χ2n) is 19.0. The summed E-state index contributed by atoms with van der Waals surface area (Å²) in [6, 6.07) is 65.0. The molecular weight excluding hydrogens is 941 g/mol. The van der Waals surface area contributed by atoms with Crippen LogP contribution in [-0.4, -0.2) is 23.4 Å². The van der Waals surface area contributed by atoms with Crippen molar-refractivity contribution in [2.24, 2.45) is 0 Å². The van der Waals surface area contributed by atoms with Gasteiger partial charge in [-0.15, -0.1) is 11.8 Å². The smallest absolute Gasteiger partial charge is 0.193 e. The van der Waals surface area contributed by atoms with Gasteiger partial charge in [-0.1, -0.05) is 138 Å². The zero-order chi connectivity index (χ0) is 50.9. The van der Waals surface area contributed by atoms with Crippen LogP contribution in [-0.2, 0) is 10.8 Å². The lowest BCUT2D eigenvalue weighted by Crippen LogP contribution is -2.51. The second kappa shape index (κ2) is 23.1. The van der Waals surface area contributed by atoms with E-state index in [9.17, 15) is 9.59 Å². The maximum Gasteiger partial charge on any atom is 0.193 e. The summed E-state index contributed by atoms with van der Waals surface area (Å²) in [5, 5.41) is 0. The standard InChI is InChI=1S/C65H64O4S3/c1-9-63(5,10-2)51-25-13-47(14-26-51)61(66)49-21-31-54(32-22-49)68-53-29-17-45(18-30-53)46-19-33-55(34-20-46)69-65(7,12-4)64(6,11-3)52-27-15-48(16-28-52)62(67)50-23-35-57(36-24-50)71-59-41-43-60(44-42-59)72-58-39-37-56(70-8)38-40-58/h13-44H,9-12H2,1-8H3. The van der Waals surface area contributed by atoms with Crippen LogP contribution >= 0.6 is 35.3 Å². The number of carbonyl (C=O) groups is 2. The van der Waals surface area contributed by atoms with Crippen LogP contribution in [0, 0.1) is 0 Å². The minimum Gasteiger partial charge on any atom is -0.487 e. The van der Waals surface area contributed by atoms with Gasteiger partial charge in [-0.25, -0.2) is 0 Å². The zero-order valence-corrected chi connectivity index (χ0v) is 45.1. The molecule has 8 aromatic rings. The topological polar surface area (TPSA) is 52.6 Å². The van der Waals surface area contributed by atoms with Gasteiger partial charge in [0.2, 0.25) is 0 Å². The number of thioether (sulfide) groups is 1. The SMILES string of the molecule is CCC(C)(CC)c1ccc(C(=O)c2ccc(Oc3ccc(-c4ccc(OC(C)(CC)C(C)(CC)c5ccc(C(=O)c6ccc(Sc7ccc(Sc8ccc(SC)cc8)cc7)cc6)cc5)cc4)cc3)cc2)cc1. The summed E-state index contributed by atoms with van der Waals surface area (Å²) in [6.07, 6.45) is 5.83. The molecule has 8 aromatic carbocycles. The van der Waals surface area contributed by atoms with E-state index in [2.05, 4.69) is 152 Å². The Hall–Kier alpha value is -6.25. The van der Waals surface area contributed by atoms with Crippen molar-refractivity contribution in [1.82, 2.24) is 0 Å². The Labute approximate surface area is 440 Å². The Morgan fingerprint density at radius 3 is 1.10 bits per heavy atom. The fourth-order valence-corrected chi connectivity index (χ4v) is 11.2. The summed E-state index contributed by atoms with van der Waals surface area (Å²) in [7, 11) is 0. The molecule has 72 heavy (non-hydrogen) atoms. The van der Waals surface area contributed by atoms with Gasteiger partial charge in [0, 0.05) is 52.1 Å². The Morgan fingerprint density at radius 2 is 0.722 bits per heavy atom. The summed E-state index contributed by atoms with van der Waals surface area (Å²) < 4.78 is 13.1. The van der Waals surface area contributed by atoms with Gasteiger partial charge < -0.3 is 9.47 Å². The lowest BCUT2D eigenvalue weighted by atomic mass is 9.66. The van der Waals surface area contributed by atoms with E-state index in [1.807, 2.05) is 97.1 Å². The molecule has 0 saturated carbocycles. The number of rotatable bonds is 21. The second-order valence-corrected chi connectivity index (χ2v) is 22.2. The highest BCUT2D eigenvalue weighted by atomic mass is 32.2. The molecule has 0 fully saturated rings. The molecule has 7 heteroatoms. The number of ether oxygens (including phenoxy) is 2. The highest BCUT2D eigenvalue weighted by Gasteiger charge is 2.45. The van der Waals surface area contributed by atoms with E-state index < -0.39 is 5.60 Å². The number of ketones is 2. The number of benzene rings is 8. The third-order valence-electron chi connectivity index (χ3n) is 14.9. The van der Waals surface area contributed by atoms with Crippen LogP contribution in [0.4, 0.5) is 0 Å². The van der Waals surface area contributed by atoms with E-state index >= 15 is 0 Å². The summed E-state index contributed by atoms with van der Waals surface area (Å²) in [5.74, 6) is 2.18. The first kappa shape index (κ1) is 52.1. The van der Waals surface area contributed by atoms with Crippen LogP contribution in [0.3, 0.4) is 0 Å². The van der Waals surface area contributed by atoms with E-state index in [0.29, 0.717) is 33.8 Å². The minimum absolute atomic E-state index is 0.00248. The van der Waals surface area contributed by atoms with Crippen molar-refractivity contribution in [2.45, 2.75) is 115 Å². The predicted molar refractivity (Wildman–Crippen MR) is 302 cm³/mol. The van der Waals surface area contributed by atoms with Gasteiger partial charge in [0.25, 0.3) is 0 Å². The maximum absolute atomic E-state index is 13.7. The largest absolute Gasteiger partial charge is 0.487 e. The number of carbonyl (C=O) groups excluding carboxylic acids is 2. The van der Waals surface area contributed by atoms with E-state index in [4.69, 9.17) is 9.47 Å². The molecule has 8 rings (SSSR count). The molecule has 0 aliphatic rings. The first-order valence-corrected chi connectivity index (χ1v) is 27.8. The molecule has 0 spiro atoms. The van der Waals surface area contributed by atoms with Crippen LogP contribution in [0.15, 0.2) is 219 Å². The quantitative estimate of drug-likeness (QED) is 0.0525. The van der Waals surface area contributed by atoms with Crippen molar-refractivity contribution in [3.05, 3.63) is 228 Å². The average molecular weight is 1010 g/mol. The van der Waals surface area contributed by atoms with Gasteiger partial charge in [0.05, 0.1) is 0 Å². The molecule has 4 nitrogen and oxygen atoms in total. The molecule has 0 saturated heterocycles. The molecule has 2 unspecified atom stereocenters. The maximum atomic E-state index is 13.7. The molecule has 0 aromatic heterocycles. The minimum atomic E-state index is -0.539. The van der Waals surface area contributed by atoms with Crippen LogP contribution in [0.25, 0.3) is 11.1 Å².